The largest absolute Gasteiger partial charge is 0.444 e. The molecule has 10 heteroatoms. The topological polar surface area (TPSA) is 91.4 Å². The molecule has 0 saturated carbocycles. The first-order valence-electron chi connectivity index (χ1n) is 11.8. The van der Waals surface area contributed by atoms with E-state index in [2.05, 4.69) is 33.9 Å². The highest BCUT2D eigenvalue weighted by molar-refractivity contribution is 7.85. The molecule has 2 atom stereocenters. The lowest BCUT2D eigenvalue weighted by atomic mass is 9.95. The van der Waals surface area contributed by atoms with Gasteiger partial charge in [0.05, 0.1) is 25.5 Å². The molecule has 0 aromatic heterocycles. The summed E-state index contributed by atoms with van der Waals surface area (Å²) in [7, 11) is -5.43. The van der Waals surface area contributed by atoms with Crippen LogP contribution in [-0.4, -0.2) is 71.2 Å². The van der Waals surface area contributed by atoms with Gasteiger partial charge in [-0.15, -0.1) is 0 Å². The maximum Gasteiger partial charge on any atom is 0.412 e. The van der Waals surface area contributed by atoms with E-state index < -0.39 is 29.8 Å². The smallest absolute Gasteiger partial charge is 0.412 e. The van der Waals surface area contributed by atoms with Crippen molar-refractivity contribution in [2.45, 2.75) is 110 Å². The van der Waals surface area contributed by atoms with E-state index in [4.69, 9.17) is 18.1 Å². The van der Waals surface area contributed by atoms with E-state index in [0.29, 0.717) is 26.1 Å². The Kier molecular flexibility index (Phi) is 10.1. The summed E-state index contributed by atoms with van der Waals surface area (Å²) >= 11 is 0. The molecule has 196 valence electrons. The molecule has 0 bridgehead atoms. The molecule has 1 aliphatic rings. The number of rotatable bonds is 10. The Morgan fingerprint density at radius 3 is 2.24 bits per heavy atom. The number of hydrogen-bond acceptors (Lipinski definition) is 7. The average molecular weight is 510 g/mol. The van der Waals surface area contributed by atoms with Crippen molar-refractivity contribution in [1.82, 2.24) is 4.90 Å². The quantitative estimate of drug-likeness (QED) is 0.229. The SMILES string of the molecule is CC(C)(C)OC(=O)N1[C@@H](CC(CCCOS(C)(=O)=O)CO[Si](C)(C)C(C)(C)C)COC1(C)C. The van der Waals surface area contributed by atoms with Crippen molar-refractivity contribution in [2.75, 3.05) is 26.1 Å². The Bertz CT molecular complexity index is 754. The van der Waals surface area contributed by atoms with Crippen molar-refractivity contribution in [3.63, 3.8) is 0 Å². The van der Waals surface area contributed by atoms with Gasteiger partial charge < -0.3 is 13.9 Å². The predicted molar refractivity (Wildman–Crippen MR) is 133 cm³/mol. The third kappa shape index (κ3) is 10.2. The van der Waals surface area contributed by atoms with Crippen LogP contribution >= 0.6 is 0 Å². The van der Waals surface area contributed by atoms with E-state index in [1.54, 1.807) is 4.90 Å². The highest BCUT2D eigenvalue weighted by atomic mass is 32.2. The van der Waals surface area contributed by atoms with Gasteiger partial charge in [0.25, 0.3) is 10.1 Å². The van der Waals surface area contributed by atoms with Gasteiger partial charge in [0, 0.05) is 6.61 Å². The van der Waals surface area contributed by atoms with Crippen molar-refractivity contribution in [2.24, 2.45) is 5.92 Å². The summed E-state index contributed by atoms with van der Waals surface area (Å²) in [5.41, 5.74) is -1.37. The zero-order valence-electron chi connectivity index (χ0n) is 22.6. The molecule has 33 heavy (non-hydrogen) atoms. The number of carbonyl (C=O) groups is 1. The Hall–Kier alpha value is -0.683. The second kappa shape index (κ2) is 10.9. The Labute approximate surface area is 202 Å². The molecule has 0 aromatic rings. The highest BCUT2D eigenvalue weighted by Crippen LogP contribution is 2.38. The third-order valence-electron chi connectivity index (χ3n) is 6.31. The third-order valence-corrected chi connectivity index (χ3v) is 11.4. The first-order chi connectivity index (χ1) is 14.6. The molecule has 1 amide bonds. The van der Waals surface area contributed by atoms with Gasteiger partial charge in [-0.2, -0.15) is 8.42 Å². The normalized spacial score (nSPS) is 20.7. The van der Waals surface area contributed by atoms with Gasteiger partial charge in [-0.1, -0.05) is 20.8 Å². The minimum atomic E-state index is -3.47. The molecular weight excluding hydrogens is 462 g/mol. The van der Waals surface area contributed by atoms with Gasteiger partial charge in [-0.25, -0.2) is 4.79 Å². The second-order valence-corrected chi connectivity index (χ2v) is 18.6. The van der Waals surface area contributed by atoms with Crippen molar-refractivity contribution in [1.29, 1.82) is 0 Å². The van der Waals surface area contributed by atoms with Gasteiger partial charge in [-0.05, 0) is 77.9 Å². The lowest BCUT2D eigenvalue weighted by Gasteiger charge is -2.38. The fourth-order valence-electron chi connectivity index (χ4n) is 3.52. The summed E-state index contributed by atoms with van der Waals surface area (Å²) in [6.45, 7) is 21.4. The van der Waals surface area contributed by atoms with Gasteiger partial charge in [-0.3, -0.25) is 9.08 Å². The van der Waals surface area contributed by atoms with Crippen LogP contribution in [0.1, 0.15) is 74.7 Å². The van der Waals surface area contributed by atoms with E-state index in [9.17, 15) is 13.2 Å². The van der Waals surface area contributed by atoms with Crippen molar-refractivity contribution in [3.8, 4) is 0 Å². The Morgan fingerprint density at radius 1 is 1.18 bits per heavy atom. The molecule has 1 unspecified atom stereocenters. The number of hydrogen-bond donors (Lipinski definition) is 0. The van der Waals surface area contributed by atoms with Crippen LogP contribution in [0, 0.1) is 5.92 Å². The highest BCUT2D eigenvalue weighted by Gasteiger charge is 2.46. The Balaban J connectivity index is 2.97. The van der Waals surface area contributed by atoms with Crippen LogP contribution in [0.15, 0.2) is 0 Å². The van der Waals surface area contributed by atoms with Crippen LogP contribution in [0.5, 0.6) is 0 Å². The summed E-state index contributed by atoms with van der Waals surface area (Å²) in [6, 6.07) is -0.154. The predicted octanol–water partition coefficient (Wildman–Crippen LogP) is 5.14. The van der Waals surface area contributed by atoms with E-state index >= 15 is 0 Å². The zero-order chi connectivity index (χ0) is 25.9. The van der Waals surface area contributed by atoms with Gasteiger partial charge in [0.15, 0.2) is 8.32 Å². The molecule has 1 rings (SSSR count). The molecule has 1 saturated heterocycles. The fraction of sp³-hybridized carbons (Fsp3) is 0.957. The summed E-state index contributed by atoms with van der Waals surface area (Å²) in [4.78, 5) is 14.7. The molecular formula is C23H47NO7SSi. The lowest BCUT2D eigenvalue weighted by Crippen LogP contribution is -2.50. The summed E-state index contributed by atoms with van der Waals surface area (Å²) < 4.78 is 45.7. The fourth-order valence-corrected chi connectivity index (χ4v) is 5.02. The second-order valence-electron chi connectivity index (χ2n) is 12.1. The minimum absolute atomic E-state index is 0.0813. The number of ether oxygens (including phenoxy) is 2. The molecule has 1 heterocycles. The molecule has 0 radical (unpaired) electrons. The zero-order valence-corrected chi connectivity index (χ0v) is 24.4. The molecule has 0 aromatic carbocycles. The molecule has 8 nitrogen and oxygen atoms in total. The van der Waals surface area contributed by atoms with Crippen LogP contribution in [-0.2, 0) is 28.2 Å². The van der Waals surface area contributed by atoms with Crippen LogP contribution in [0.25, 0.3) is 0 Å². The first-order valence-corrected chi connectivity index (χ1v) is 16.5. The van der Waals surface area contributed by atoms with Crippen LogP contribution in [0.3, 0.4) is 0 Å². The summed E-state index contributed by atoms with van der Waals surface area (Å²) in [5.74, 6) is 0.120. The van der Waals surface area contributed by atoms with E-state index in [1.165, 1.54) is 0 Å². The average Bonchev–Trinajstić information content (AvgIpc) is 2.87. The molecule has 0 aliphatic carbocycles. The van der Waals surface area contributed by atoms with Crippen molar-refractivity contribution < 1.29 is 31.3 Å². The summed E-state index contributed by atoms with van der Waals surface area (Å²) in [6.07, 6.45) is 2.66. The van der Waals surface area contributed by atoms with Crippen molar-refractivity contribution in [3.05, 3.63) is 0 Å². The number of nitrogens with zero attached hydrogens (tertiary/aromatic N) is 1. The molecule has 1 fully saturated rings. The number of amides is 1. The minimum Gasteiger partial charge on any atom is -0.444 e. The molecule has 0 N–H and O–H groups in total. The van der Waals surface area contributed by atoms with E-state index in [0.717, 1.165) is 12.7 Å². The maximum absolute atomic E-state index is 13.0. The van der Waals surface area contributed by atoms with Crippen LogP contribution in [0.4, 0.5) is 4.79 Å². The van der Waals surface area contributed by atoms with Gasteiger partial charge >= 0.3 is 6.09 Å². The Morgan fingerprint density at radius 2 is 1.76 bits per heavy atom. The van der Waals surface area contributed by atoms with Gasteiger partial charge in [0.2, 0.25) is 0 Å². The monoisotopic (exact) mass is 509 g/mol. The standard InChI is InChI=1S/C23H47NO7SSi/c1-21(2,3)31-20(25)24-19(17-28-23(24,7)8)15-18(13-12-14-29-32(9,26)27)16-30-33(10,11)22(4,5)6/h18-19H,12-17H2,1-11H3/t18?,19-/m0/s1. The maximum atomic E-state index is 13.0. The molecule has 0 spiro atoms. The number of carbonyl (C=O) groups excluding carboxylic acids is 1. The van der Waals surface area contributed by atoms with Crippen LogP contribution < -0.4 is 0 Å². The summed E-state index contributed by atoms with van der Waals surface area (Å²) in [5, 5.41) is 0.0813. The van der Waals surface area contributed by atoms with Gasteiger partial charge in [0.1, 0.15) is 11.3 Å². The first kappa shape index (κ1) is 30.3. The molecule has 1 aliphatic heterocycles. The van der Waals surface area contributed by atoms with E-state index in [-0.39, 0.29) is 29.7 Å². The van der Waals surface area contributed by atoms with Crippen molar-refractivity contribution >= 4 is 24.5 Å². The van der Waals surface area contributed by atoms with E-state index in [1.807, 2.05) is 34.6 Å². The lowest BCUT2D eigenvalue weighted by molar-refractivity contribution is -0.0633. The van der Waals surface area contributed by atoms with Crippen LogP contribution in [0.2, 0.25) is 18.1 Å².